The zero-order valence-electron chi connectivity index (χ0n) is 10.8. The van der Waals surface area contributed by atoms with E-state index in [1.54, 1.807) is 19.1 Å². The third-order valence-corrected chi connectivity index (χ3v) is 2.92. The number of benzene rings is 1. The van der Waals surface area contributed by atoms with Crippen molar-refractivity contribution in [3.05, 3.63) is 39.4 Å². The Morgan fingerprint density at radius 2 is 2.22 bits per heavy atom. The fourth-order valence-corrected chi connectivity index (χ4v) is 1.75. The highest BCUT2D eigenvalue weighted by atomic mass is 16.6. The monoisotopic (exact) mass is 252 g/mol. The quantitative estimate of drug-likeness (QED) is 0.576. The molecule has 0 amide bonds. The van der Waals surface area contributed by atoms with Crippen molar-refractivity contribution in [3.63, 3.8) is 0 Å². The van der Waals surface area contributed by atoms with Crippen molar-refractivity contribution in [2.45, 2.75) is 39.3 Å². The van der Waals surface area contributed by atoms with Gasteiger partial charge in [0, 0.05) is 30.8 Å². The molecule has 0 aliphatic carbocycles. The molecule has 1 aromatic rings. The van der Waals surface area contributed by atoms with Crippen molar-refractivity contribution >= 4 is 5.69 Å². The molecule has 0 saturated carbocycles. The van der Waals surface area contributed by atoms with Gasteiger partial charge in [-0.05, 0) is 32.3 Å². The van der Waals surface area contributed by atoms with Crippen molar-refractivity contribution in [3.8, 4) is 0 Å². The molecule has 1 rings (SSSR count). The largest absolute Gasteiger partial charge is 0.396 e. The minimum Gasteiger partial charge on any atom is -0.396 e. The Kier molecular flexibility index (Phi) is 5.74. The molecule has 18 heavy (non-hydrogen) atoms. The second kappa shape index (κ2) is 7.08. The summed E-state index contributed by atoms with van der Waals surface area (Å²) >= 11 is 0. The fraction of sp³-hybridized carbons (Fsp3) is 0.538. The van der Waals surface area contributed by atoms with Gasteiger partial charge in [0.1, 0.15) is 0 Å². The Morgan fingerprint density at radius 3 is 2.83 bits per heavy atom. The van der Waals surface area contributed by atoms with E-state index in [2.05, 4.69) is 5.32 Å². The molecule has 0 fully saturated rings. The molecule has 1 aromatic carbocycles. The van der Waals surface area contributed by atoms with E-state index in [1.807, 2.05) is 13.0 Å². The van der Waals surface area contributed by atoms with E-state index in [0.717, 1.165) is 18.4 Å². The van der Waals surface area contributed by atoms with Gasteiger partial charge in [0.05, 0.1) is 4.92 Å². The van der Waals surface area contributed by atoms with Crippen LogP contribution in [0.3, 0.4) is 0 Å². The first-order valence-corrected chi connectivity index (χ1v) is 6.12. The number of aliphatic hydroxyl groups excluding tert-OH is 1. The van der Waals surface area contributed by atoms with Crippen LogP contribution in [0.25, 0.3) is 0 Å². The summed E-state index contributed by atoms with van der Waals surface area (Å²) in [6, 6.07) is 5.57. The second-order valence-electron chi connectivity index (χ2n) is 4.53. The van der Waals surface area contributed by atoms with Crippen molar-refractivity contribution in [1.29, 1.82) is 0 Å². The lowest BCUT2D eigenvalue weighted by Gasteiger charge is -2.13. The molecule has 0 bridgehead atoms. The predicted octanol–water partition coefficient (Wildman–Crippen LogP) is 2.15. The first-order valence-electron chi connectivity index (χ1n) is 6.12. The summed E-state index contributed by atoms with van der Waals surface area (Å²) < 4.78 is 0. The first kappa shape index (κ1) is 14.6. The molecule has 0 aliphatic rings. The number of nitrogens with one attached hydrogen (secondary N) is 1. The van der Waals surface area contributed by atoms with Gasteiger partial charge in [-0.15, -0.1) is 0 Å². The SMILES string of the molecule is Cc1ccc(CNC(C)CCCO)cc1[N+](=O)[O-]. The summed E-state index contributed by atoms with van der Waals surface area (Å²) in [5, 5.41) is 22.8. The molecule has 0 aliphatic heterocycles. The van der Waals surface area contributed by atoms with Gasteiger partial charge in [0.25, 0.3) is 5.69 Å². The van der Waals surface area contributed by atoms with Crippen molar-refractivity contribution < 1.29 is 10.0 Å². The molecular formula is C13H20N2O3. The molecule has 5 heteroatoms. The summed E-state index contributed by atoms with van der Waals surface area (Å²) in [5.41, 5.74) is 1.75. The van der Waals surface area contributed by atoms with Crippen molar-refractivity contribution in [2.75, 3.05) is 6.61 Å². The number of aryl methyl sites for hydroxylation is 1. The number of aliphatic hydroxyl groups is 1. The average Bonchev–Trinajstić information content (AvgIpc) is 2.35. The van der Waals surface area contributed by atoms with Gasteiger partial charge in [0.2, 0.25) is 0 Å². The van der Waals surface area contributed by atoms with Gasteiger partial charge >= 0.3 is 0 Å². The van der Waals surface area contributed by atoms with Crippen molar-refractivity contribution in [1.82, 2.24) is 5.32 Å². The van der Waals surface area contributed by atoms with Crippen molar-refractivity contribution in [2.24, 2.45) is 0 Å². The van der Waals surface area contributed by atoms with E-state index in [9.17, 15) is 10.1 Å². The number of nitrogens with zero attached hydrogens (tertiary/aromatic N) is 1. The fourth-order valence-electron chi connectivity index (χ4n) is 1.75. The van der Waals surface area contributed by atoms with Crippen LogP contribution >= 0.6 is 0 Å². The van der Waals surface area contributed by atoms with Gasteiger partial charge in [-0.25, -0.2) is 0 Å². The second-order valence-corrected chi connectivity index (χ2v) is 4.53. The highest BCUT2D eigenvalue weighted by Crippen LogP contribution is 2.19. The minimum absolute atomic E-state index is 0.164. The Morgan fingerprint density at radius 1 is 1.50 bits per heavy atom. The van der Waals surface area contributed by atoms with Crippen LogP contribution in [0.5, 0.6) is 0 Å². The van der Waals surface area contributed by atoms with Gasteiger partial charge < -0.3 is 10.4 Å². The topological polar surface area (TPSA) is 75.4 Å². The lowest BCUT2D eigenvalue weighted by atomic mass is 10.1. The summed E-state index contributed by atoms with van der Waals surface area (Å²) in [6.07, 6.45) is 1.66. The maximum atomic E-state index is 10.8. The van der Waals surface area contributed by atoms with E-state index < -0.39 is 0 Å². The smallest absolute Gasteiger partial charge is 0.272 e. The molecule has 1 unspecified atom stereocenters. The zero-order chi connectivity index (χ0) is 13.5. The minimum atomic E-state index is -0.353. The van der Waals surface area contributed by atoms with Crippen LogP contribution in [0, 0.1) is 17.0 Å². The molecule has 1 atom stereocenters. The molecule has 0 spiro atoms. The van der Waals surface area contributed by atoms with Gasteiger partial charge in [-0.1, -0.05) is 12.1 Å². The zero-order valence-corrected chi connectivity index (χ0v) is 10.8. The summed E-state index contributed by atoms with van der Waals surface area (Å²) in [7, 11) is 0. The lowest BCUT2D eigenvalue weighted by molar-refractivity contribution is -0.385. The van der Waals surface area contributed by atoms with Crippen LogP contribution in [-0.2, 0) is 6.54 Å². The first-order chi connectivity index (χ1) is 8.54. The van der Waals surface area contributed by atoms with Gasteiger partial charge in [-0.2, -0.15) is 0 Å². The average molecular weight is 252 g/mol. The molecule has 0 aromatic heterocycles. The Bertz CT molecular complexity index is 407. The molecule has 100 valence electrons. The standard InChI is InChI=1S/C13H20N2O3/c1-10-5-6-12(8-13(10)15(17)18)9-14-11(2)4-3-7-16/h5-6,8,11,14,16H,3-4,7,9H2,1-2H3. The van der Waals surface area contributed by atoms with Gasteiger partial charge in [0.15, 0.2) is 0 Å². The number of hydrogen-bond donors (Lipinski definition) is 2. The van der Waals surface area contributed by atoms with Crippen LogP contribution in [-0.4, -0.2) is 22.7 Å². The Hall–Kier alpha value is -1.46. The Labute approximate surface area is 107 Å². The normalized spacial score (nSPS) is 12.4. The Balaban J connectivity index is 2.57. The number of hydrogen-bond acceptors (Lipinski definition) is 4. The van der Waals surface area contributed by atoms with Gasteiger partial charge in [-0.3, -0.25) is 10.1 Å². The number of rotatable bonds is 7. The highest BCUT2D eigenvalue weighted by molar-refractivity contribution is 5.42. The van der Waals surface area contributed by atoms with E-state index in [-0.39, 0.29) is 23.3 Å². The predicted molar refractivity (Wildman–Crippen MR) is 70.5 cm³/mol. The van der Waals surface area contributed by atoms with E-state index in [0.29, 0.717) is 12.1 Å². The molecule has 5 nitrogen and oxygen atoms in total. The maximum Gasteiger partial charge on any atom is 0.272 e. The van der Waals surface area contributed by atoms with Crippen LogP contribution in [0.2, 0.25) is 0 Å². The lowest BCUT2D eigenvalue weighted by Crippen LogP contribution is -2.25. The van der Waals surface area contributed by atoms with E-state index in [4.69, 9.17) is 5.11 Å². The van der Waals surface area contributed by atoms with E-state index in [1.165, 1.54) is 0 Å². The van der Waals surface area contributed by atoms with Crippen LogP contribution in [0.15, 0.2) is 18.2 Å². The highest BCUT2D eigenvalue weighted by Gasteiger charge is 2.11. The molecule has 0 saturated heterocycles. The van der Waals surface area contributed by atoms with Crippen LogP contribution in [0.4, 0.5) is 5.69 Å². The molecule has 2 N–H and O–H groups in total. The maximum absolute atomic E-state index is 10.8. The number of nitro groups is 1. The summed E-state index contributed by atoms with van der Waals surface area (Å²) in [6.45, 7) is 4.58. The summed E-state index contributed by atoms with van der Waals surface area (Å²) in [4.78, 5) is 10.5. The van der Waals surface area contributed by atoms with Crippen LogP contribution in [0.1, 0.15) is 30.9 Å². The third-order valence-electron chi connectivity index (χ3n) is 2.92. The third kappa shape index (κ3) is 4.43. The molecular weight excluding hydrogens is 232 g/mol. The number of nitro benzene ring substituents is 1. The van der Waals surface area contributed by atoms with Crippen LogP contribution < -0.4 is 5.32 Å². The summed E-state index contributed by atoms with van der Waals surface area (Å²) in [5.74, 6) is 0. The molecule has 0 radical (unpaired) electrons. The van der Waals surface area contributed by atoms with E-state index >= 15 is 0 Å². The molecule has 0 heterocycles.